The van der Waals surface area contributed by atoms with Crippen molar-refractivity contribution < 1.29 is 9.13 Å². The number of H-pyrrole nitrogens is 1. The third kappa shape index (κ3) is 2.51. The number of aromatic amines is 1. The van der Waals surface area contributed by atoms with Gasteiger partial charge in [0.1, 0.15) is 5.82 Å². The van der Waals surface area contributed by atoms with E-state index in [0.29, 0.717) is 25.9 Å². The summed E-state index contributed by atoms with van der Waals surface area (Å²) in [4.78, 5) is 19.1. The minimum absolute atomic E-state index is 0.183. The van der Waals surface area contributed by atoms with Crippen LogP contribution in [0.15, 0.2) is 41.2 Å². The van der Waals surface area contributed by atoms with Crippen LogP contribution < -0.4 is 10.3 Å². The predicted octanol–water partition coefficient (Wildman–Crippen LogP) is 3.34. The summed E-state index contributed by atoms with van der Waals surface area (Å²) >= 11 is 1.98. The zero-order chi connectivity index (χ0) is 15.0. The first-order valence-electron chi connectivity index (χ1n) is 6.12. The van der Waals surface area contributed by atoms with E-state index in [2.05, 4.69) is 9.97 Å². The minimum atomic E-state index is -0.491. The van der Waals surface area contributed by atoms with Crippen LogP contribution >= 0.6 is 22.6 Å². The highest BCUT2D eigenvalue weighted by Gasteiger charge is 2.13. The molecule has 0 fully saturated rings. The number of fused-ring (bicyclic) bond motifs is 1. The lowest BCUT2D eigenvalue weighted by Crippen LogP contribution is -2.09. The number of halogens is 2. The Labute approximate surface area is 133 Å². The van der Waals surface area contributed by atoms with E-state index in [1.54, 1.807) is 30.3 Å². The molecule has 2 aromatic carbocycles. The number of nitrogens with one attached hydrogen (secondary N) is 1. The van der Waals surface area contributed by atoms with E-state index in [9.17, 15) is 9.18 Å². The summed E-state index contributed by atoms with van der Waals surface area (Å²) in [5.41, 5.74) is 0.824. The molecule has 0 saturated heterocycles. The molecule has 1 N–H and O–H groups in total. The summed E-state index contributed by atoms with van der Waals surface area (Å²) in [6.07, 6.45) is 0. The van der Waals surface area contributed by atoms with Gasteiger partial charge in [-0.05, 0) is 46.9 Å². The molecule has 1 aromatic heterocycles. The highest BCUT2D eigenvalue weighted by molar-refractivity contribution is 14.1. The highest BCUT2D eigenvalue weighted by atomic mass is 127. The van der Waals surface area contributed by atoms with Crippen molar-refractivity contribution in [3.63, 3.8) is 0 Å². The molecule has 4 nitrogen and oxygen atoms in total. The van der Waals surface area contributed by atoms with Gasteiger partial charge in [0.2, 0.25) is 0 Å². The average Bonchev–Trinajstić information content (AvgIpc) is 2.47. The van der Waals surface area contributed by atoms with E-state index in [4.69, 9.17) is 4.74 Å². The predicted molar refractivity (Wildman–Crippen MR) is 87.0 cm³/mol. The molecule has 0 spiro atoms. The lowest BCUT2D eigenvalue weighted by Gasteiger charge is -2.08. The number of rotatable bonds is 2. The van der Waals surface area contributed by atoms with Crippen LogP contribution in [0.25, 0.3) is 22.3 Å². The van der Waals surface area contributed by atoms with Gasteiger partial charge in [0.15, 0.2) is 11.6 Å². The lowest BCUT2D eigenvalue weighted by atomic mass is 10.1. The molecule has 21 heavy (non-hydrogen) atoms. The van der Waals surface area contributed by atoms with Crippen molar-refractivity contribution in [2.45, 2.75) is 0 Å². The molecular weight excluding hydrogens is 386 g/mol. The minimum Gasteiger partial charge on any atom is -0.493 e. The van der Waals surface area contributed by atoms with Crippen molar-refractivity contribution in [1.82, 2.24) is 9.97 Å². The average molecular weight is 396 g/mol. The van der Waals surface area contributed by atoms with Crippen LogP contribution in [-0.2, 0) is 0 Å². The smallest absolute Gasteiger partial charge is 0.259 e. The number of hydrogen-bond acceptors (Lipinski definition) is 3. The van der Waals surface area contributed by atoms with Crippen molar-refractivity contribution in [2.24, 2.45) is 0 Å². The van der Waals surface area contributed by atoms with E-state index >= 15 is 0 Å². The summed E-state index contributed by atoms with van der Waals surface area (Å²) in [7, 11) is 1.41. The van der Waals surface area contributed by atoms with Crippen molar-refractivity contribution in [1.29, 1.82) is 0 Å². The Morgan fingerprint density at radius 3 is 2.76 bits per heavy atom. The first-order valence-corrected chi connectivity index (χ1v) is 7.20. The van der Waals surface area contributed by atoms with E-state index in [1.165, 1.54) is 13.2 Å². The van der Waals surface area contributed by atoms with Gasteiger partial charge in [-0.3, -0.25) is 4.79 Å². The molecule has 0 bridgehead atoms. The second-order valence-electron chi connectivity index (χ2n) is 4.40. The monoisotopic (exact) mass is 396 g/mol. The fourth-order valence-electron chi connectivity index (χ4n) is 2.11. The summed E-state index contributed by atoms with van der Waals surface area (Å²) in [5.74, 6) is 0.0239. The summed E-state index contributed by atoms with van der Waals surface area (Å²) in [6.45, 7) is 0. The molecular formula is C15H10FIN2O2. The van der Waals surface area contributed by atoms with Crippen LogP contribution in [0.3, 0.4) is 0 Å². The fourth-order valence-corrected chi connectivity index (χ4v) is 2.93. The maximum absolute atomic E-state index is 14.0. The largest absolute Gasteiger partial charge is 0.493 e. The molecule has 3 rings (SSSR count). The third-order valence-electron chi connectivity index (χ3n) is 3.09. The van der Waals surface area contributed by atoms with Crippen molar-refractivity contribution in [2.75, 3.05) is 7.11 Å². The van der Waals surface area contributed by atoms with Gasteiger partial charge in [-0.25, -0.2) is 9.37 Å². The molecule has 1 heterocycles. The maximum atomic E-state index is 14.0. The Balaban J connectivity index is 2.23. The topological polar surface area (TPSA) is 55.0 Å². The molecule has 0 radical (unpaired) electrons. The number of aromatic nitrogens is 2. The highest BCUT2D eigenvalue weighted by Crippen LogP contribution is 2.29. The van der Waals surface area contributed by atoms with Crippen molar-refractivity contribution >= 4 is 33.5 Å². The van der Waals surface area contributed by atoms with Gasteiger partial charge in [-0.1, -0.05) is 12.1 Å². The number of para-hydroxylation sites is 1. The summed E-state index contributed by atoms with van der Waals surface area (Å²) in [6, 6.07) is 10.0. The molecule has 0 atom stereocenters. The molecule has 0 amide bonds. The quantitative estimate of drug-likeness (QED) is 0.677. The molecule has 0 aliphatic rings. The van der Waals surface area contributed by atoms with Gasteiger partial charge in [-0.15, -0.1) is 0 Å². The first-order chi connectivity index (χ1) is 10.1. The molecule has 0 saturated carbocycles. The first kappa shape index (κ1) is 14.0. The fraction of sp³-hybridized carbons (Fsp3) is 0.0667. The van der Waals surface area contributed by atoms with Crippen LogP contribution in [0.2, 0.25) is 0 Å². The lowest BCUT2D eigenvalue weighted by molar-refractivity contribution is 0.383. The van der Waals surface area contributed by atoms with Crippen LogP contribution in [0.5, 0.6) is 5.75 Å². The number of nitrogens with zero attached hydrogens (tertiary/aromatic N) is 1. The van der Waals surface area contributed by atoms with Crippen LogP contribution in [0, 0.1) is 9.39 Å². The number of ether oxygens (including phenoxy) is 1. The maximum Gasteiger partial charge on any atom is 0.259 e. The normalized spacial score (nSPS) is 10.8. The third-order valence-corrected chi connectivity index (χ3v) is 3.89. The van der Waals surface area contributed by atoms with Crippen LogP contribution in [-0.4, -0.2) is 17.1 Å². The van der Waals surface area contributed by atoms with E-state index in [-0.39, 0.29) is 11.3 Å². The molecule has 106 valence electrons. The molecule has 3 aromatic rings. The number of methoxy groups -OCH3 is 1. The SMILES string of the molecule is COc1c(F)cc(-c2nc3ccccc3c(=O)[nH]2)cc1I. The standard InChI is InChI=1S/C15H10FIN2O2/c1-21-13-10(16)6-8(7-11(13)17)14-18-12-5-3-2-4-9(12)15(20)19-14/h2-7H,1H3,(H,18,19,20). The summed E-state index contributed by atoms with van der Waals surface area (Å²) in [5, 5.41) is 0.505. The molecule has 0 aliphatic carbocycles. The number of hydrogen-bond donors (Lipinski definition) is 1. The molecule has 6 heteroatoms. The Hall–Kier alpha value is -1.96. The second kappa shape index (κ2) is 5.44. The van der Waals surface area contributed by atoms with E-state index < -0.39 is 5.82 Å². The van der Waals surface area contributed by atoms with Crippen molar-refractivity contribution in [3.8, 4) is 17.1 Å². The zero-order valence-electron chi connectivity index (χ0n) is 11.0. The van der Waals surface area contributed by atoms with Gasteiger partial charge in [-0.2, -0.15) is 0 Å². The Morgan fingerprint density at radius 1 is 1.29 bits per heavy atom. The van der Waals surface area contributed by atoms with Crippen molar-refractivity contribution in [3.05, 3.63) is 56.1 Å². The Kier molecular flexibility index (Phi) is 3.62. The van der Waals surface area contributed by atoms with Gasteiger partial charge in [0.05, 0.1) is 21.6 Å². The molecule has 0 unspecified atom stereocenters. The van der Waals surface area contributed by atoms with E-state index in [1.807, 2.05) is 22.6 Å². The Morgan fingerprint density at radius 2 is 2.05 bits per heavy atom. The number of benzene rings is 2. The summed E-state index contributed by atoms with van der Waals surface area (Å²) < 4.78 is 19.6. The molecule has 0 aliphatic heterocycles. The Bertz CT molecular complexity index is 869. The van der Waals surface area contributed by atoms with E-state index in [0.717, 1.165) is 0 Å². The van der Waals surface area contributed by atoms with Gasteiger partial charge < -0.3 is 9.72 Å². The van der Waals surface area contributed by atoms with Gasteiger partial charge >= 0.3 is 0 Å². The second-order valence-corrected chi connectivity index (χ2v) is 5.57. The van der Waals surface area contributed by atoms with Gasteiger partial charge in [0, 0.05) is 5.56 Å². The van der Waals surface area contributed by atoms with Crippen LogP contribution in [0.4, 0.5) is 4.39 Å². The van der Waals surface area contributed by atoms with Gasteiger partial charge in [0.25, 0.3) is 5.56 Å². The van der Waals surface area contributed by atoms with Crippen LogP contribution in [0.1, 0.15) is 0 Å². The zero-order valence-corrected chi connectivity index (χ0v) is 13.1.